The van der Waals surface area contributed by atoms with Gasteiger partial charge in [0, 0.05) is 28.7 Å². The van der Waals surface area contributed by atoms with E-state index in [2.05, 4.69) is 5.32 Å². The van der Waals surface area contributed by atoms with Crippen molar-refractivity contribution in [1.82, 2.24) is 9.88 Å². The van der Waals surface area contributed by atoms with Crippen molar-refractivity contribution in [3.63, 3.8) is 0 Å². The van der Waals surface area contributed by atoms with E-state index in [0.29, 0.717) is 10.9 Å². The fraction of sp³-hybridized carbons (Fsp3) is 0.318. The maximum Gasteiger partial charge on any atom is 0.253 e. The second-order valence-electron chi connectivity index (χ2n) is 7.65. The summed E-state index contributed by atoms with van der Waals surface area (Å²) in [4.78, 5) is 13.0. The zero-order chi connectivity index (χ0) is 23.0. The molecular weight excluding hydrogens is 443 g/mol. The summed E-state index contributed by atoms with van der Waals surface area (Å²) < 4.78 is 20.3. The molecule has 3 aromatic rings. The highest BCUT2D eigenvalue weighted by Gasteiger charge is 2.44. The first kappa shape index (κ1) is 22.7. The summed E-state index contributed by atoms with van der Waals surface area (Å²) in [5.41, 5.74) is 1.64. The molecule has 2 heterocycles. The van der Waals surface area contributed by atoms with Crippen LogP contribution < -0.4 is 5.32 Å². The van der Waals surface area contributed by atoms with Crippen LogP contribution >= 0.6 is 11.6 Å². The van der Waals surface area contributed by atoms with E-state index in [4.69, 9.17) is 16.3 Å². The summed E-state index contributed by atoms with van der Waals surface area (Å²) in [6, 6.07) is 9.90. The molecule has 4 rings (SSSR count). The van der Waals surface area contributed by atoms with E-state index in [1.165, 1.54) is 12.1 Å². The average molecular weight is 465 g/mol. The Hall–Kier alpha value is -2.53. The van der Waals surface area contributed by atoms with Gasteiger partial charge in [0.2, 0.25) is 0 Å². The monoisotopic (exact) mass is 464 g/mol. The van der Waals surface area contributed by atoms with Crippen LogP contribution in [0.15, 0.2) is 48.7 Å². The number of para-hydroxylation sites is 1. The highest BCUT2D eigenvalue weighted by atomic mass is 35.5. The number of carbonyl (C=O) groups excluding carboxylic acids is 1. The summed E-state index contributed by atoms with van der Waals surface area (Å²) in [6.07, 6.45) is -4.24. The van der Waals surface area contributed by atoms with Crippen LogP contribution in [0.5, 0.6) is 0 Å². The first-order valence-electron chi connectivity index (χ1n) is 9.93. The standard InChI is InChI=1S/C22H22ClFN2O6/c23-15-7-12(24)6-5-11(15)8-26-9-14(13-3-1-2-4-16(13)26)21(30)25-18-20(29)19(28)17(10-27)32-22(18)31/h1-7,9,17-20,22,27-29,31H,8,10H2,(H,25,30)/t17-,18-,19-,20-,22?/m1/s1. The number of amides is 1. The first-order chi connectivity index (χ1) is 15.3. The van der Waals surface area contributed by atoms with E-state index in [1.54, 1.807) is 35.0 Å². The number of carbonyl (C=O) groups is 1. The van der Waals surface area contributed by atoms with Crippen molar-refractivity contribution < 1.29 is 34.3 Å². The number of nitrogens with zero attached hydrogens (tertiary/aromatic N) is 1. The quantitative estimate of drug-likeness (QED) is 0.384. The molecular formula is C22H22ClFN2O6. The number of ether oxygens (including phenoxy) is 1. The molecule has 1 amide bonds. The fourth-order valence-electron chi connectivity index (χ4n) is 3.87. The molecule has 170 valence electrons. The van der Waals surface area contributed by atoms with Gasteiger partial charge in [-0.15, -0.1) is 0 Å². The molecule has 0 bridgehead atoms. The summed E-state index contributed by atoms with van der Waals surface area (Å²) in [6.45, 7) is -0.322. The number of halogens is 2. The number of aliphatic hydroxyl groups is 4. The van der Waals surface area contributed by atoms with Crippen LogP contribution in [0.25, 0.3) is 10.9 Å². The minimum atomic E-state index is -1.62. The van der Waals surface area contributed by atoms with Gasteiger partial charge in [-0.05, 0) is 23.8 Å². The molecule has 10 heteroatoms. The number of fused-ring (bicyclic) bond motifs is 1. The van der Waals surface area contributed by atoms with Gasteiger partial charge in [-0.3, -0.25) is 4.79 Å². The Labute approximate surface area is 187 Å². The molecule has 1 aliphatic rings. The summed E-state index contributed by atoms with van der Waals surface area (Å²) in [5.74, 6) is -1.06. The molecule has 5 N–H and O–H groups in total. The van der Waals surface area contributed by atoms with Gasteiger partial charge in [0.15, 0.2) is 6.29 Å². The molecule has 1 unspecified atom stereocenters. The Balaban J connectivity index is 1.62. The Morgan fingerprint density at radius 1 is 1.16 bits per heavy atom. The van der Waals surface area contributed by atoms with Crippen molar-refractivity contribution in [1.29, 1.82) is 0 Å². The Morgan fingerprint density at radius 2 is 1.91 bits per heavy atom. The predicted octanol–water partition coefficient (Wildman–Crippen LogP) is 1.01. The normalized spacial score (nSPS) is 25.8. The lowest BCUT2D eigenvalue weighted by atomic mass is 9.96. The van der Waals surface area contributed by atoms with Crippen LogP contribution in [0.1, 0.15) is 15.9 Å². The lowest BCUT2D eigenvalue weighted by molar-refractivity contribution is -0.252. The number of benzene rings is 2. The molecule has 0 spiro atoms. The van der Waals surface area contributed by atoms with E-state index in [1.807, 2.05) is 6.07 Å². The van der Waals surface area contributed by atoms with Crippen molar-refractivity contribution in [3.8, 4) is 0 Å². The highest BCUT2D eigenvalue weighted by molar-refractivity contribution is 6.31. The van der Waals surface area contributed by atoms with Crippen molar-refractivity contribution in [2.24, 2.45) is 0 Å². The number of nitrogens with one attached hydrogen (secondary N) is 1. The second kappa shape index (κ2) is 9.14. The Morgan fingerprint density at radius 3 is 2.62 bits per heavy atom. The van der Waals surface area contributed by atoms with E-state index in [9.17, 15) is 29.6 Å². The maximum absolute atomic E-state index is 13.4. The Bertz CT molecular complexity index is 1140. The first-order valence-corrected chi connectivity index (χ1v) is 10.3. The third-order valence-electron chi connectivity index (χ3n) is 5.59. The number of aromatic nitrogens is 1. The van der Waals surface area contributed by atoms with Crippen LogP contribution in [0, 0.1) is 5.82 Å². The van der Waals surface area contributed by atoms with Crippen LogP contribution in [-0.2, 0) is 11.3 Å². The highest BCUT2D eigenvalue weighted by Crippen LogP contribution is 2.26. The minimum Gasteiger partial charge on any atom is -0.394 e. The van der Waals surface area contributed by atoms with Crippen molar-refractivity contribution in [2.75, 3.05) is 6.61 Å². The smallest absolute Gasteiger partial charge is 0.253 e. The van der Waals surface area contributed by atoms with Gasteiger partial charge in [0.05, 0.1) is 12.2 Å². The number of hydrogen-bond acceptors (Lipinski definition) is 6. The zero-order valence-corrected chi connectivity index (χ0v) is 17.5. The van der Waals surface area contributed by atoms with Crippen molar-refractivity contribution >= 4 is 28.4 Å². The second-order valence-corrected chi connectivity index (χ2v) is 8.06. The van der Waals surface area contributed by atoms with E-state index in [0.717, 1.165) is 5.52 Å². The van der Waals surface area contributed by atoms with Gasteiger partial charge in [0.1, 0.15) is 30.2 Å². The summed E-state index contributed by atoms with van der Waals surface area (Å²) >= 11 is 6.15. The molecule has 0 radical (unpaired) electrons. The maximum atomic E-state index is 13.4. The largest absolute Gasteiger partial charge is 0.394 e. The molecule has 0 aliphatic carbocycles. The Kier molecular flexibility index (Phi) is 6.47. The van der Waals surface area contributed by atoms with Gasteiger partial charge in [-0.1, -0.05) is 35.9 Å². The van der Waals surface area contributed by atoms with Gasteiger partial charge in [-0.2, -0.15) is 0 Å². The molecule has 0 saturated carbocycles. The third kappa shape index (κ3) is 4.23. The van der Waals surface area contributed by atoms with Gasteiger partial charge in [0.25, 0.3) is 5.91 Å². The third-order valence-corrected chi connectivity index (χ3v) is 5.94. The molecule has 1 aromatic heterocycles. The molecule has 1 fully saturated rings. The summed E-state index contributed by atoms with van der Waals surface area (Å²) in [7, 11) is 0. The number of rotatable bonds is 5. The van der Waals surface area contributed by atoms with E-state index >= 15 is 0 Å². The van der Waals surface area contributed by atoms with Crippen molar-refractivity contribution in [2.45, 2.75) is 37.2 Å². The minimum absolute atomic E-state index is 0.256. The van der Waals surface area contributed by atoms with E-state index in [-0.39, 0.29) is 17.1 Å². The molecule has 5 atom stereocenters. The lowest BCUT2D eigenvalue weighted by Gasteiger charge is -2.40. The van der Waals surface area contributed by atoms with E-state index < -0.39 is 49.0 Å². The number of hydrogen-bond donors (Lipinski definition) is 5. The number of aliphatic hydroxyl groups excluding tert-OH is 4. The average Bonchev–Trinajstić information content (AvgIpc) is 3.14. The van der Waals surface area contributed by atoms with Crippen LogP contribution in [0.2, 0.25) is 5.02 Å². The van der Waals surface area contributed by atoms with Gasteiger partial charge >= 0.3 is 0 Å². The molecule has 1 saturated heterocycles. The van der Waals surface area contributed by atoms with Gasteiger partial charge in [-0.25, -0.2) is 4.39 Å². The van der Waals surface area contributed by atoms with Crippen molar-refractivity contribution in [3.05, 3.63) is 70.6 Å². The fourth-order valence-corrected chi connectivity index (χ4v) is 4.10. The molecule has 8 nitrogen and oxygen atoms in total. The van der Waals surface area contributed by atoms with Crippen LogP contribution in [0.3, 0.4) is 0 Å². The molecule has 2 aromatic carbocycles. The zero-order valence-electron chi connectivity index (χ0n) is 16.7. The summed E-state index contributed by atoms with van der Waals surface area (Å²) in [5, 5.41) is 43.1. The van der Waals surface area contributed by atoms with Crippen LogP contribution in [0.4, 0.5) is 4.39 Å². The SMILES string of the molecule is O=C(N[C@H]1C(O)O[C@H](CO)[C@@H](O)[C@@H]1O)c1cn(Cc2ccc(F)cc2Cl)c2ccccc12. The molecule has 32 heavy (non-hydrogen) atoms. The van der Waals surface area contributed by atoms with Gasteiger partial charge < -0.3 is 35.0 Å². The van der Waals surface area contributed by atoms with Crippen LogP contribution in [-0.4, -0.2) is 68.2 Å². The topological polar surface area (TPSA) is 124 Å². The predicted molar refractivity (Wildman–Crippen MR) is 114 cm³/mol. The lowest BCUT2D eigenvalue weighted by Crippen LogP contribution is -2.64. The molecule has 1 aliphatic heterocycles.